The molecule has 140 valence electrons. The second-order valence-corrected chi connectivity index (χ2v) is 7.31. The number of pyridine rings is 2. The molecule has 4 rings (SSSR count). The highest BCUT2D eigenvalue weighted by Gasteiger charge is 2.38. The second-order valence-electron chi connectivity index (χ2n) is 7.31. The third kappa shape index (κ3) is 2.64. The third-order valence-electron chi connectivity index (χ3n) is 5.26. The van der Waals surface area contributed by atoms with Gasteiger partial charge in [-0.25, -0.2) is 14.2 Å². The number of aryl methyl sites for hydroxylation is 1. The normalized spacial score (nSPS) is 15.9. The zero-order valence-electron chi connectivity index (χ0n) is 15.2. The van der Waals surface area contributed by atoms with Crippen LogP contribution in [0, 0.1) is 5.82 Å². The van der Waals surface area contributed by atoms with Crippen LogP contribution in [0.4, 0.5) is 10.1 Å². The highest BCUT2D eigenvalue weighted by atomic mass is 19.1. The van der Waals surface area contributed by atoms with Crippen LogP contribution in [-0.2, 0) is 7.05 Å². The van der Waals surface area contributed by atoms with Gasteiger partial charge in [0.2, 0.25) is 5.43 Å². The number of carboxylic acids is 1. The molecule has 2 N–H and O–H groups in total. The minimum Gasteiger partial charge on any atom is -0.477 e. The molecule has 0 spiro atoms. The SMILES string of the molecule is CNC1(C)CN(c2cc3nc4c(cc3cc2F)c(=O)c(C(=O)O)cn4C)C1. The van der Waals surface area contributed by atoms with Crippen LogP contribution in [0.1, 0.15) is 17.3 Å². The molecule has 0 bridgehead atoms. The van der Waals surface area contributed by atoms with E-state index in [0.29, 0.717) is 35.3 Å². The van der Waals surface area contributed by atoms with E-state index < -0.39 is 17.2 Å². The first-order valence-corrected chi connectivity index (χ1v) is 8.53. The zero-order valence-corrected chi connectivity index (χ0v) is 15.2. The number of carbonyl (C=O) groups is 1. The number of carboxylic acid groups (broad SMARTS) is 1. The zero-order chi connectivity index (χ0) is 19.5. The molecule has 0 radical (unpaired) electrons. The lowest BCUT2D eigenvalue weighted by molar-refractivity contribution is 0.0695. The Morgan fingerprint density at radius 2 is 2.04 bits per heavy atom. The van der Waals surface area contributed by atoms with Crippen LogP contribution in [-0.4, -0.2) is 46.3 Å². The van der Waals surface area contributed by atoms with Gasteiger partial charge in [-0.1, -0.05) is 0 Å². The molecule has 3 heterocycles. The fourth-order valence-electron chi connectivity index (χ4n) is 3.59. The monoisotopic (exact) mass is 370 g/mol. The van der Waals surface area contributed by atoms with E-state index in [9.17, 15) is 19.1 Å². The lowest BCUT2D eigenvalue weighted by Gasteiger charge is -2.49. The number of hydrogen-bond acceptors (Lipinski definition) is 5. The van der Waals surface area contributed by atoms with Gasteiger partial charge in [0.25, 0.3) is 0 Å². The highest BCUT2D eigenvalue weighted by Crippen LogP contribution is 2.32. The Bertz CT molecular complexity index is 1170. The smallest absolute Gasteiger partial charge is 0.341 e. The van der Waals surface area contributed by atoms with E-state index in [1.807, 2.05) is 11.9 Å². The quantitative estimate of drug-likeness (QED) is 0.683. The molecule has 1 saturated heterocycles. The predicted molar refractivity (Wildman–Crippen MR) is 101 cm³/mol. The number of halogens is 1. The Kier molecular flexibility index (Phi) is 3.71. The summed E-state index contributed by atoms with van der Waals surface area (Å²) in [7, 11) is 3.51. The third-order valence-corrected chi connectivity index (χ3v) is 5.26. The van der Waals surface area contributed by atoms with Crippen molar-refractivity contribution in [3.8, 4) is 0 Å². The van der Waals surface area contributed by atoms with Crippen molar-refractivity contribution >= 4 is 33.6 Å². The van der Waals surface area contributed by atoms with Gasteiger partial charge in [-0.15, -0.1) is 0 Å². The molecule has 0 aliphatic carbocycles. The van der Waals surface area contributed by atoms with E-state index in [0.717, 1.165) is 0 Å². The lowest BCUT2D eigenvalue weighted by atomic mass is 9.91. The Morgan fingerprint density at radius 3 is 2.67 bits per heavy atom. The van der Waals surface area contributed by atoms with Crippen LogP contribution in [0.3, 0.4) is 0 Å². The summed E-state index contributed by atoms with van der Waals surface area (Å²) in [5, 5.41) is 13.0. The largest absolute Gasteiger partial charge is 0.477 e. The molecule has 1 aromatic carbocycles. The molecule has 7 nitrogen and oxygen atoms in total. The molecule has 3 aromatic rings. The molecule has 8 heteroatoms. The van der Waals surface area contributed by atoms with Crippen LogP contribution in [0.25, 0.3) is 21.9 Å². The van der Waals surface area contributed by atoms with E-state index in [1.54, 1.807) is 13.1 Å². The van der Waals surface area contributed by atoms with E-state index >= 15 is 0 Å². The van der Waals surface area contributed by atoms with Crippen LogP contribution < -0.4 is 15.6 Å². The van der Waals surface area contributed by atoms with E-state index in [-0.39, 0.29) is 16.5 Å². The van der Waals surface area contributed by atoms with Gasteiger partial charge in [-0.2, -0.15) is 0 Å². The molecule has 0 atom stereocenters. The maximum atomic E-state index is 14.7. The topological polar surface area (TPSA) is 87.5 Å². The van der Waals surface area contributed by atoms with Crippen LogP contribution in [0.5, 0.6) is 0 Å². The number of anilines is 1. The molecular formula is C19H19FN4O3. The summed E-state index contributed by atoms with van der Waals surface area (Å²) in [6.45, 7) is 3.43. The molecule has 0 amide bonds. The van der Waals surface area contributed by atoms with Crippen LogP contribution >= 0.6 is 0 Å². The Morgan fingerprint density at radius 1 is 1.33 bits per heavy atom. The summed E-state index contributed by atoms with van der Waals surface area (Å²) in [6, 6.07) is 4.53. The predicted octanol–water partition coefficient (Wildman–Crippen LogP) is 1.72. The van der Waals surface area contributed by atoms with Crippen molar-refractivity contribution in [1.82, 2.24) is 14.9 Å². The molecule has 27 heavy (non-hydrogen) atoms. The van der Waals surface area contributed by atoms with Crippen molar-refractivity contribution in [2.24, 2.45) is 7.05 Å². The second kappa shape index (κ2) is 5.75. The summed E-state index contributed by atoms with van der Waals surface area (Å²) in [5.74, 6) is -1.70. The maximum absolute atomic E-state index is 14.7. The summed E-state index contributed by atoms with van der Waals surface area (Å²) >= 11 is 0. The van der Waals surface area contributed by atoms with Crippen LogP contribution in [0.2, 0.25) is 0 Å². The molecule has 0 saturated carbocycles. The fraction of sp³-hybridized carbons (Fsp3) is 0.316. The first kappa shape index (κ1) is 17.4. The fourth-order valence-corrected chi connectivity index (χ4v) is 3.59. The standard InChI is InChI=1S/C19H19FN4O3/c1-19(21-2)8-24(9-19)15-6-14-10(5-13(15)20)4-11-16(25)12(18(26)27)7-23(3)17(11)22-14/h4-7,21H,8-9H2,1-3H3,(H,26,27). The number of rotatable bonds is 3. The minimum absolute atomic E-state index is 0.0463. The highest BCUT2D eigenvalue weighted by molar-refractivity contribution is 5.96. The van der Waals surface area contributed by atoms with Crippen LogP contribution in [0.15, 0.2) is 29.2 Å². The Hall–Kier alpha value is -3.00. The number of aromatic carboxylic acids is 1. The Balaban J connectivity index is 1.89. The number of aromatic nitrogens is 2. The van der Waals surface area contributed by atoms with Gasteiger partial charge in [-0.05, 0) is 32.2 Å². The average Bonchev–Trinajstić information content (AvgIpc) is 2.60. The maximum Gasteiger partial charge on any atom is 0.341 e. The van der Waals surface area contributed by atoms with Gasteiger partial charge in [0.1, 0.15) is 17.0 Å². The first-order chi connectivity index (χ1) is 12.7. The molecule has 2 aromatic heterocycles. The number of nitrogens with zero attached hydrogens (tertiary/aromatic N) is 3. The molecule has 0 unspecified atom stereocenters. The number of nitrogens with one attached hydrogen (secondary N) is 1. The molecular weight excluding hydrogens is 351 g/mol. The lowest BCUT2D eigenvalue weighted by Crippen LogP contribution is -2.67. The van der Waals surface area contributed by atoms with Crippen molar-refractivity contribution in [1.29, 1.82) is 0 Å². The summed E-state index contributed by atoms with van der Waals surface area (Å²) in [6.07, 6.45) is 1.25. The van der Waals surface area contributed by atoms with Gasteiger partial charge in [0, 0.05) is 31.7 Å². The van der Waals surface area contributed by atoms with Crippen molar-refractivity contribution in [3.63, 3.8) is 0 Å². The van der Waals surface area contributed by atoms with Gasteiger partial charge in [-0.3, -0.25) is 4.79 Å². The molecule has 1 fully saturated rings. The van der Waals surface area contributed by atoms with Gasteiger partial charge in [0.05, 0.1) is 22.1 Å². The van der Waals surface area contributed by atoms with Crippen molar-refractivity contribution in [3.05, 3.63) is 46.0 Å². The van der Waals surface area contributed by atoms with E-state index in [4.69, 9.17) is 0 Å². The van der Waals surface area contributed by atoms with Crippen molar-refractivity contribution < 1.29 is 14.3 Å². The van der Waals surface area contributed by atoms with Crippen molar-refractivity contribution in [2.75, 3.05) is 25.0 Å². The van der Waals surface area contributed by atoms with Crippen molar-refractivity contribution in [2.45, 2.75) is 12.5 Å². The average molecular weight is 370 g/mol. The molecule has 1 aliphatic rings. The minimum atomic E-state index is -1.30. The summed E-state index contributed by atoms with van der Waals surface area (Å²) < 4.78 is 16.2. The van der Waals surface area contributed by atoms with E-state index in [1.165, 1.54) is 22.9 Å². The number of benzene rings is 1. The summed E-state index contributed by atoms with van der Waals surface area (Å²) in [5.41, 5.74) is 0.371. The molecule has 1 aliphatic heterocycles. The number of hydrogen-bond donors (Lipinski definition) is 2. The van der Waals surface area contributed by atoms with Gasteiger partial charge in [0.15, 0.2) is 0 Å². The van der Waals surface area contributed by atoms with Gasteiger partial charge >= 0.3 is 5.97 Å². The van der Waals surface area contributed by atoms with Gasteiger partial charge < -0.3 is 19.9 Å². The summed E-state index contributed by atoms with van der Waals surface area (Å²) in [4.78, 5) is 30.1. The first-order valence-electron chi connectivity index (χ1n) is 8.53. The van der Waals surface area contributed by atoms with E-state index in [2.05, 4.69) is 17.2 Å². The Labute approximate surface area is 154 Å². The number of fused-ring (bicyclic) bond motifs is 2. The number of likely N-dealkylation sites (N-methyl/N-ethyl adjacent to an activating group) is 1.